The molecule has 0 aromatic heterocycles. The largest absolute Gasteiger partial charge is 0.394 e. The maximum absolute atomic E-state index is 12.5. The first-order valence-electron chi connectivity index (χ1n) is 34.9. The van der Waals surface area contributed by atoms with E-state index in [2.05, 4.69) is 4.90 Å². The van der Waals surface area contributed by atoms with Crippen LogP contribution in [0.25, 0.3) is 0 Å². The summed E-state index contributed by atoms with van der Waals surface area (Å²) in [7, 11) is 0. The van der Waals surface area contributed by atoms with Crippen molar-refractivity contribution in [3.05, 3.63) is 0 Å². The molecule has 18 aliphatic rings. The molecule has 14 heterocycles. The van der Waals surface area contributed by atoms with Crippen LogP contribution in [0.5, 0.6) is 0 Å². The lowest BCUT2D eigenvalue weighted by Gasteiger charge is -2.57. The van der Waals surface area contributed by atoms with Gasteiger partial charge in [-0.05, 0) is 101 Å². The van der Waals surface area contributed by atoms with Gasteiger partial charge >= 0.3 is 0 Å². The van der Waals surface area contributed by atoms with E-state index in [1.807, 2.05) is 4.90 Å². The second-order valence-corrected chi connectivity index (χ2v) is 29.3. The van der Waals surface area contributed by atoms with Crippen molar-refractivity contribution in [2.75, 3.05) is 92.1 Å². The SMILES string of the molecule is NCCOCCN1CCCCN(CCC23CC4CC(CC(C4)C2)C3)CC2O[C@@H]3O[C@@H]4C(CO)O[C@H](O[C@@H]5C(CO)O[C@H](O[C@@H]6C(C1)O[C@@H](CC6(O)O)O[C@@H]1C(CO)O[C@H](O[C@@H]6C(CO)O[C@H](O[C@H]7C(O)C(O)[C@@H](O[C@H]2C(O)C3O)O[C@@H]7CO)C(O)C6O)C(O)C1O)C(O)C5O)C(O)C4O. The van der Waals surface area contributed by atoms with E-state index >= 15 is 0 Å². The van der Waals surface area contributed by atoms with E-state index in [9.17, 15) is 97.0 Å². The first-order valence-corrected chi connectivity index (χ1v) is 34.9. The fourth-order valence-electron chi connectivity index (χ4n) is 17.6. The van der Waals surface area contributed by atoms with Gasteiger partial charge in [-0.15, -0.1) is 0 Å². The van der Waals surface area contributed by atoms with E-state index in [1.165, 1.54) is 19.3 Å². The smallest absolute Gasteiger partial charge is 0.197 e. The van der Waals surface area contributed by atoms with E-state index in [4.69, 9.17) is 76.8 Å². The zero-order valence-corrected chi connectivity index (χ0v) is 54.8. The molecule has 99 heavy (non-hydrogen) atoms. The molecule has 18 rings (SSSR count). The summed E-state index contributed by atoms with van der Waals surface area (Å²) in [5.41, 5.74) is 5.82. The van der Waals surface area contributed by atoms with E-state index in [1.54, 1.807) is 0 Å². The van der Waals surface area contributed by atoms with Gasteiger partial charge in [-0.3, -0.25) is 4.90 Å². The highest BCUT2D eigenvalue weighted by atomic mass is 16.8. The molecule has 14 aliphatic heterocycles. The van der Waals surface area contributed by atoms with Gasteiger partial charge in [0.05, 0.1) is 52.7 Å². The fourth-order valence-corrected chi connectivity index (χ4v) is 17.6. The van der Waals surface area contributed by atoms with Crippen LogP contribution < -0.4 is 5.73 Å². The molecular formula is C62H105N3O34. The average molecular weight is 1440 g/mol. The van der Waals surface area contributed by atoms with Crippen LogP contribution in [0.2, 0.25) is 0 Å². The number of nitrogens with two attached hydrogens (primary N) is 1. The number of hydrogen-bond acceptors (Lipinski definition) is 37. The van der Waals surface area contributed by atoms with Crippen molar-refractivity contribution in [2.45, 2.75) is 273 Å². The number of fused-ring (bicyclic) bond motifs is 5. The Morgan fingerprint density at radius 3 is 1.10 bits per heavy atom. The first kappa shape index (κ1) is 77.1. The standard InChI is InChI=1S/C62H105N3O34/c63-4-9-85-10-8-65-6-2-1-5-64(7-3-61-14-25-11-26(15-61)13-27(12-25)16-61)18-28-48-36(71)42(77)55(87-28)95-50-31(21-67)90-59(45(80)39(50)74)98-53-34(24-70)92-60(47(82)41(53)76)99-54-29(19-65)86-35(17-62(54,83)84)93-49-30(20-66)88-57(43(78)37(49)72)96-52-33(23-69)91-58(46(81)40(52)75)97-51-32(22-68)89-56(94-48)44(79)38(51)73/h25-60,66-84H,1-24,63H2/t25?,26?,27?,28?,29?,30?,31?,32-,33?,34?,35-,36?,37?,38?,39?,40?,41?,42?,43?,44?,45?,46?,47?,48-,49-,50-,51-,52-,53-,54-,55-,56-,57-,58-,59-,60-,61?/m1/s1. The summed E-state index contributed by atoms with van der Waals surface area (Å²) in [4.78, 5) is 3.92. The van der Waals surface area contributed by atoms with Gasteiger partial charge in [-0.25, -0.2) is 0 Å². The number of hydrogen-bond donors (Lipinski definition) is 20. The number of rotatable bonds is 13. The van der Waals surface area contributed by atoms with Crippen molar-refractivity contribution in [3.8, 4) is 0 Å². The molecule has 572 valence electrons. The van der Waals surface area contributed by atoms with Crippen molar-refractivity contribution in [1.82, 2.24) is 9.80 Å². The van der Waals surface area contributed by atoms with Gasteiger partial charge in [-0.2, -0.15) is 0 Å². The summed E-state index contributed by atoms with van der Waals surface area (Å²) in [6.07, 6.45) is -56.8. The van der Waals surface area contributed by atoms with Crippen LogP contribution in [-0.2, 0) is 71.1 Å². The molecule has 0 aromatic carbocycles. The molecule has 18 unspecified atom stereocenters. The number of aliphatic hydroxyl groups is 19. The van der Waals surface area contributed by atoms with E-state index in [0.717, 1.165) is 25.7 Å². The average Bonchev–Trinajstić information content (AvgIpc) is 0.774. The number of nitrogens with zero attached hydrogens (tertiary/aromatic N) is 2. The Kier molecular flexibility index (Phi) is 25.7. The molecule has 33 atom stereocenters. The molecule has 4 aliphatic carbocycles. The van der Waals surface area contributed by atoms with Gasteiger partial charge in [0.1, 0.15) is 159 Å². The van der Waals surface area contributed by atoms with Crippen molar-refractivity contribution < 1.29 is 168 Å². The minimum Gasteiger partial charge on any atom is -0.394 e. The van der Waals surface area contributed by atoms with Gasteiger partial charge in [0.15, 0.2) is 49.8 Å². The lowest BCUT2D eigenvalue weighted by atomic mass is 9.49. The Hall–Kier alpha value is -1.48. The van der Waals surface area contributed by atoms with Crippen LogP contribution in [0.15, 0.2) is 0 Å². The summed E-state index contributed by atoms with van der Waals surface area (Å²) in [5.74, 6) is -1.36. The highest BCUT2D eigenvalue weighted by Crippen LogP contribution is 2.61. The minimum atomic E-state index is -3.09. The monoisotopic (exact) mass is 1440 g/mol. The Labute approximate surface area is 570 Å². The Morgan fingerprint density at radius 2 is 0.707 bits per heavy atom. The van der Waals surface area contributed by atoms with Crippen molar-refractivity contribution in [3.63, 3.8) is 0 Å². The molecule has 37 nitrogen and oxygen atoms in total. The summed E-state index contributed by atoms with van der Waals surface area (Å²) in [6.45, 7) is -3.97. The maximum atomic E-state index is 12.5. The highest BCUT2D eigenvalue weighted by molar-refractivity contribution is 5.05. The van der Waals surface area contributed by atoms with E-state index in [-0.39, 0.29) is 51.4 Å². The van der Waals surface area contributed by atoms with Crippen molar-refractivity contribution in [1.29, 1.82) is 0 Å². The minimum absolute atomic E-state index is 0.00271. The third kappa shape index (κ3) is 16.4. The topological polar surface area (TPSA) is 555 Å². The van der Waals surface area contributed by atoms with Gasteiger partial charge in [0.2, 0.25) is 0 Å². The van der Waals surface area contributed by atoms with E-state index < -0.39 is 248 Å². The van der Waals surface area contributed by atoms with Gasteiger partial charge in [0.25, 0.3) is 0 Å². The lowest BCUT2D eigenvalue weighted by molar-refractivity contribution is -0.411. The molecule has 18 bridgehead atoms. The predicted octanol–water partition coefficient (Wildman–Crippen LogP) is -10.9. The first-order chi connectivity index (χ1) is 47.4. The van der Waals surface area contributed by atoms with Crippen LogP contribution in [0.4, 0.5) is 0 Å². The Bertz CT molecular complexity index is 2490. The lowest BCUT2D eigenvalue weighted by Crippen LogP contribution is -2.69. The van der Waals surface area contributed by atoms with Crippen molar-refractivity contribution >= 4 is 0 Å². The quantitative estimate of drug-likeness (QED) is 0.0601. The van der Waals surface area contributed by atoms with Gasteiger partial charge < -0.3 is 179 Å². The molecule has 0 spiro atoms. The van der Waals surface area contributed by atoms with Gasteiger partial charge in [-0.1, -0.05) is 0 Å². The molecule has 4 saturated carbocycles. The highest BCUT2D eigenvalue weighted by Gasteiger charge is 2.61. The molecule has 18 fully saturated rings. The second kappa shape index (κ2) is 32.9. The van der Waals surface area contributed by atoms with Crippen molar-refractivity contribution in [2.24, 2.45) is 28.9 Å². The fraction of sp³-hybridized carbons (Fsp3) is 1.00. The van der Waals surface area contributed by atoms with Crippen LogP contribution in [0.1, 0.15) is 64.2 Å². The van der Waals surface area contributed by atoms with Gasteiger partial charge in [0, 0.05) is 26.2 Å². The predicted molar refractivity (Wildman–Crippen MR) is 321 cm³/mol. The Balaban J connectivity index is 0.944. The summed E-state index contributed by atoms with van der Waals surface area (Å²) in [6, 6.07) is 0. The Morgan fingerprint density at radius 1 is 0.364 bits per heavy atom. The van der Waals surface area contributed by atoms with Crippen LogP contribution in [-0.4, -0.2) is 407 Å². The third-order valence-corrected chi connectivity index (χ3v) is 22.4. The summed E-state index contributed by atoms with van der Waals surface area (Å²) in [5, 5.41) is 221. The summed E-state index contributed by atoms with van der Waals surface area (Å²) >= 11 is 0. The number of ether oxygens (including phenoxy) is 15. The van der Waals surface area contributed by atoms with Crippen LogP contribution in [0.3, 0.4) is 0 Å². The zero-order chi connectivity index (χ0) is 70.5. The molecule has 0 aromatic rings. The zero-order valence-electron chi connectivity index (χ0n) is 54.8. The molecule has 14 saturated heterocycles. The molecule has 0 amide bonds. The van der Waals surface area contributed by atoms with Crippen LogP contribution in [0, 0.1) is 23.2 Å². The molecule has 37 heteroatoms. The molecule has 21 N–H and O–H groups in total. The summed E-state index contributed by atoms with van der Waals surface area (Å²) < 4.78 is 91.9. The normalized spacial score (nSPS) is 51.9. The third-order valence-electron chi connectivity index (χ3n) is 22.4. The maximum Gasteiger partial charge on any atom is 0.197 e. The second-order valence-electron chi connectivity index (χ2n) is 29.3. The van der Waals surface area contributed by atoms with E-state index in [0.29, 0.717) is 43.7 Å². The molecular weight excluding hydrogens is 1330 g/mol. The van der Waals surface area contributed by atoms with Crippen LogP contribution >= 0.6 is 0 Å². The number of aliphatic hydroxyl groups excluding tert-OH is 17. The molecule has 0 radical (unpaired) electrons.